The molecule has 2 aliphatic rings. The van der Waals surface area contributed by atoms with E-state index in [1.165, 1.54) is 6.07 Å². The molecular formula is C14H14F2O3. The molecular weight excluding hydrogens is 254 g/mol. The van der Waals surface area contributed by atoms with Crippen LogP contribution in [0, 0.1) is 5.92 Å². The van der Waals surface area contributed by atoms with Gasteiger partial charge in [-0.1, -0.05) is 6.07 Å². The van der Waals surface area contributed by atoms with Crippen molar-refractivity contribution in [3.8, 4) is 11.5 Å². The van der Waals surface area contributed by atoms with Crippen LogP contribution in [0.4, 0.5) is 8.78 Å². The summed E-state index contributed by atoms with van der Waals surface area (Å²) in [6.07, 6.45) is 0.251. The SMILES string of the molecule is O=C1CCC(Cc2ccc3c(c2)OC(F)(F)O3)CC1. The minimum atomic E-state index is -3.56. The highest BCUT2D eigenvalue weighted by molar-refractivity contribution is 5.79. The molecule has 1 heterocycles. The molecule has 19 heavy (non-hydrogen) atoms. The summed E-state index contributed by atoms with van der Waals surface area (Å²) in [6, 6.07) is 4.90. The predicted octanol–water partition coefficient (Wildman–Crippen LogP) is 3.31. The highest BCUT2D eigenvalue weighted by Crippen LogP contribution is 2.41. The van der Waals surface area contributed by atoms with Crippen LogP contribution in [0.3, 0.4) is 0 Å². The summed E-state index contributed by atoms with van der Waals surface area (Å²) in [7, 11) is 0. The molecule has 0 atom stereocenters. The molecule has 1 aromatic rings. The van der Waals surface area contributed by atoms with Crippen molar-refractivity contribution in [2.24, 2.45) is 5.92 Å². The first-order valence-corrected chi connectivity index (χ1v) is 6.42. The molecule has 3 nitrogen and oxygen atoms in total. The molecule has 1 fully saturated rings. The number of carbonyl (C=O) groups excluding carboxylic acids is 1. The standard InChI is InChI=1S/C14H14F2O3/c15-14(16)18-12-6-3-10(8-13(12)19-14)7-9-1-4-11(17)5-2-9/h3,6,8-9H,1-2,4-5,7H2. The Morgan fingerprint density at radius 3 is 2.58 bits per heavy atom. The van der Waals surface area contributed by atoms with Gasteiger partial charge in [0.2, 0.25) is 0 Å². The Kier molecular flexibility index (Phi) is 2.92. The summed E-state index contributed by atoms with van der Waals surface area (Å²) >= 11 is 0. The van der Waals surface area contributed by atoms with Crippen LogP contribution in [0.2, 0.25) is 0 Å². The van der Waals surface area contributed by atoms with E-state index < -0.39 is 6.29 Å². The average Bonchev–Trinajstić information content (AvgIpc) is 2.65. The summed E-state index contributed by atoms with van der Waals surface area (Å²) in [4.78, 5) is 11.2. The number of rotatable bonds is 2. The number of ether oxygens (including phenoxy) is 2. The second kappa shape index (κ2) is 4.47. The molecule has 1 aliphatic heterocycles. The van der Waals surface area contributed by atoms with Crippen LogP contribution in [0.1, 0.15) is 31.2 Å². The molecule has 0 N–H and O–H groups in total. The number of alkyl halides is 2. The highest BCUT2D eigenvalue weighted by atomic mass is 19.3. The van der Waals surface area contributed by atoms with Crippen LogP contribution in [-0.4, -0.2) is 12.1 Å². The second-order valence-electron chi connectivity index (χ2n) is 5.13. The summed E-state index contributed by atoms with van der Waals surface area (Å²) in [5.41, 5.74) is 0.944. The van der Waals surface area contributed by atoms with Gasteiger partial charge in [-0.2, -0.15) is 0 Å². The first-order valence-electron chi connectivity index (χ1n) is 6.42. The maximum atomic E-state index is 12.9. The second-order valence-corrected chi connectivity index (χ2v) is 5.13. The molecule has 3 rings (SSSR count). The Morgan fingerprint density at radius 1 is 1.16 bits per heavy atom. The molecule has 5 heteroatoms. The minimum Gasteiger partial charge on any atom is -0.395 e. The van der Waals surface area contributed by atoms with Crippen molar-refractivity contribution < 1.29 is 23.0 Å². The van der Waals surface area contributed by atoms with E-state index in [0.717, 1.165) is 24.8 Å². The van der Waals surface area contributed by atoms with Crippen LogP contribution in [0.5, 0.6) is 11.5 Å². The fourth-order valence-electron chi connectivity index (χ4n) is 2.66. The lowest BCUT2D eigenvalue weighted by molar-refractivity contribution is -0.286. The smallest absolute Gasteiger partial charge is 0.395 e. The Bertz CT molecular complexity index is 503. The zero-order valence-electron chi connectivity index (χ0n) is 10.3. The molecule has 0 radical (unpaired) electrons. The quantitative estimate of drug-likeness (QED) is 0.825. The zero-order chi connectivity index (χ0) is 13.5. The van der Waals surface area contributed by atoms with E-state index in [9.17, 15) is 13.6 Å². The van der Waals surface area contributed by atoms with Gasteiger partial charge in [0, 0.05) is 12.8 Å². The monoisotopic (exact) mass is 268 g/mol. The van der Waals surface area contributed by atoms with Crippen molar-refractivity contribution in [3.63, 3.8) is 0 Å². The molecule has 0 spiro atoms. The Hall–Kier alpha value is -1.65. The third-order valence-corrected chi connectivity index (χ3v) is 3.65. The van der Waals surface area contributed by atoms with Crippen LogP contribution in [0.15, 0.2) is 18.2 Å². The van der Waals surface area contributed by atoms with Gasteiger partial charge in [0.15, 0.2) is 11.5 Å². The van der Waals surface area contributed by atoms with Crippen LogP contribution < -0.4 is 9.47 Å². The Labute approximate surface area is 109 Å². The van der Waals surface area contributed by atoms with Crippen LogP contribution in [-0.2, 0) is 11.2 Å². The minimum absolute atomic E-state index is 0.0765. The molecule has 1 saturated carbocycles. The van der Waals surface area contributed by atoms with Crippen molar-refractivity contribution in [1.82, 2.24) is 0 Å². The summed E-state index contributed by atoms with van der Waals surface area (Å²) in [5, 5.41) is 0. The van der Waals surface area contributed by atoms with Gasteiger partial charge in [-0.05, 0) is 42.9 Å². The number of hydrogen-bond acceptors (Lipinski definition) is 3. The molecule has 1 aromatic carbocycles. The van der Waals surface area contributed by atoms with Gasteiger partial charge in [-0.25, -0.2) is 0 Å². The van der Waals surface area contributed by atoms with Crippen LogP contribution >= 0.6 is 0 Å². The van der Waals surface area contributed by atoms with Gasteiger partial charge in [0.05, 0.1) is 0 Å². The number of carbonyl (C=O) groups is 1. The lowest BCUT2D eigenvalue weighted by Gasteiger charge is -2.20. The molecule has 0 unspecified atom stereocenters. The third kappa shape index (κ3) is 2.69. The number of halogens is 2. The fourth-order valence-corrected chi connectivity index (χ4v) is 2.66. The van der Waals surface area contributed by atoms with E-state index in [1.807, 2.05) is 0 Å². The summed E-state index contributed by atoms with van der Waals surface area (Å²) < 4.78 is 34.6. The van der Waals surface area contributed by atoms with E-state index in [4.69, 9.17) is 0 Å². The zero-order valence-corrected chi connectivity index (χ0v) is 10.3. The number of fused-ring (bicyclic) bond motifs is 1. The van der Waals surface area contributed by atoms with Crippen molar-refractivity contribution in [3.05, 3.63) is 23.8 Å². The average molecular weight is 268 g/mol. The van der Waals surface area contributed by atoms with E-state index >= 15 is 0 Å². The molecule has 0 aromatic heterocycles. The highest BCUT2D eigenvalue weighted by Gasteiger charge is 2.43. The lowest BCUT2D eigenvalue weighted by Crippen LogP contribution is -2.25. The number of hydrogen-bond donors (Lipinski definition) is 0. The van der Waals surface area contributed by atoms with Crippen molar-refractivity contribution in [1.29, 1.82) is 0 Å². The normalized spacial score (nSPS) is 21.7. The maximum Gasteiger partial charge on any atom is 0.586 e. The molecule has 0 amide bonds. The lowest BCUT2D eigenvalue weighted by atomic mass is 9.84. The molecule has 1 aliphatic carbocycles. The van der Waals surface area contributed by atoms with Crippen LogP contribution in [0.25, 0.3) is 0 Å². The van der Waals surface area contributed by atoms with E-state index in [0.29, 0.717) is 24.5 Å². The first kappa shape index (κ1) is 12.4. The van der Waals surface area contributed by atoms with Gasteiger partial charge in [0.1, 0.15) is 5.78 Å². The van der Waals surface area contributed by atoms with Gasteiger partial charge >= 0.3 is 6.29 Å². The van der Waals surface area contributed by atoms with Gasteiger partial charge in [0.25, 0.3) is 0 Å². The van der Waals surface area contributed by atoms with Crippen molar-refractivity contribution >= 4 is 5.78 Å². The number of ketones is 1. The summed E-state index contributed by atoms with van der Waals surface area (Å²) in [6.45, 7) is 0. The molecule has 102 valence electrons. The van der Waals surface area contributed by atoms with Crippen molar-refractivity contribution in [2.45, 2.75) is 38.4 Å². The summed E-state index contributed by atoms with van der Waals surface area (Å²) in [5.74, 6) is 0.933. The molecule has 0 saturated heterocycles. The number of benzene rings is 1. The van der Waals surface area contributed by atoms with Gasteiger partial charge in [-0.15, -0.1) is 8.78 Å². The predicted molar refractivity (Wildman–Crippen MR) is 63.3 cm³/mol. The Morgan fingerprint density at radius 2 is 1.84 bits per heavy atom. The third-order valence-electron chi connectivity index (χ3n) is 3.65. The van der Waals surface area contributed by atoms with Crippen molar-refractivity contribution in [2.75, 3.05) is 0 Å². The van der Waals surface area contributed by atoms with E-state index in [1.54, 1.807) is 12.1 Å². The number of Topliss-reactive ketones (excluding diaryl/α,β-unsaturated/α-hetero) is 1. The Balaban J connectivity index is 1.69. The van der Waals surface area contributed by atoms with Gasteiger partial charge < -0.3 is 9.47 Å². The molecule has 0 bridgehead atoms. The maximum absolute atomic E-state index is 12.9. The largest absolute Gasteiger partial charge is 0.586 e. The topological polar surface area (TPSA) is 35.5 Å². The first-order chi connectivity index (χ1) is 9.02. The van der Waals surface area contributed by atoms with E-state index in [-0.39, 0.29) is 11.5 Å². The van der Waals surface area contributed by atoms with Gasteiger partial charge in [-0.3, -0.25) is 4.79 Å². The fraction of sp³-hybridized carbons (Fsp3) is 0.500. The van der Waals surface area contributed by atoms with E-state index in [2.05, 4.69) is 9.47 Å².